The molecular weight excluding hydrogens is 500 g/mol. The molecule has 0 unspecified atom stereocenters. The third kappa shape index (κ3) is 6.40. The van der Waals surface area contributed by atoms with Gasteiger partial charge in [-0.1, -0.05) is 42.5 Å². The van der Waals surface area contributed by atoms with Crippen molar-refractivity contribution in [2.75, 3.05) is 19.8 Å². The summed E-state index contributed by atoms with van der Waals surface area (Å²) in [5.74, 6) is -1.70. The van der Waals surface area contributed by atoms with Crippen LogP contribution in [0.15, 0.2) is 60.7 Å². The monoisotopic (exact) mass is 530 g/mol. The van der Waals surface area contributed by atoms with E-state index in [-0.39, 0.29) is 16.7 Å². The number of nitrogens with one attached hydrogen (secondary N) is 2. The molecule has 202 valence electrons. The van der Waals surface area contributed by atoms with Gasteiger partial charge in [-0.05, 0) is 65.9 Å². The SMILES string of the molecule is CCOCCCNCc1ccc2c(c1)[C@@H](NC(=O)c1ccc(-c3ccccc3C(F)(F)F)cc1F)[C@H](O)C2. The van der Waals surface area contributed by atoms with E-state index in [2.05, 4.69) is 10.6 Å². The van der Waals surface area contributed by atoms with Crippen LogP contribution in [0.3, 0.4) is 0 Å². The Hall–Kier alpha value is -3.27. The second-order valence-electron chi connectivity index (χ2n) is 9.22. The van der Waals surface area contributed by atoms with Gasteiger partial charge in [0.05, 0.1) is 23.3 Å². The molecule has 0 spiro atoms. The number of alkyl halides is 3. The van der Waals surface area contributed by atoms with E-state index in [1.165, 1.54) is 24.3 Å². The number of benzene rings is 3. The van der Waals surface area contributed by atoms with Gasteiger partial charge < -0.3 is 20.5 Å². The van der Waals surface area contributed by atoms with Crippen LogP contribution in [0.25, 0.3) is 11.1 Å². The molecule has 0 bridgehead atoms. The average molecular weight is 531 g/mol. The fourth-order valence-corrected chi connectivity index (χ4v) is 4.70. The number of aliphatic hydroxyl groups excluding tert-OH is 1. The molecule has 38 heavy (non-hydrogen) atoms. The summed E-state index contributed by atoms with van der Waals surface area (Å²) >= 11 is 0. The van der Waals surface area contributed by atoms with Crippen molar-refractivity contribution in [1.82, 2.24) is 10.6 Å². The van der Waals surface area contributed by atoms with Gasteiger partial charge in [0.25, 0.3) is 5.91 Å². The number of aliphatic hydroxyl groups is 1. The average Bonchev–Trinajstić information content (AvgIpc) is 3.19. The first kappa shape index (κ1) is 27.8. The summed E-state index contributed by atoms with van der Waals surface area (Å²) < 4.78 is 60.5. The number of hydrogen-bond donors (Lipinski definition) is 3. The minimum Gasteiger partial charge on any atom is -0.390 e. The molecule has 1 amide bonds. The first-order chi connectivity index (χ1) is 18.2. The largest absolute Gasteiger partial charge is 0.417 e. The summed E-state index contributed by atoms with van der Waals surface area (Å²) in [6.07, 6.45) is -4.27. The highest BCUT2D eigenvalue weighted by Gasteiger charge is 2.35. The molecule has 0 fully saturated rings. The van der Waals surface area contributed by atoms with Crippen LogP contribution in [0.1, 0.15) is 52.0 Å². The zero-order chi connectivity index (χ0) is 27.3. The highest BCUT2D eigenvalue weighted by Crippen LogP contribution is 2.37. The predicted octanol–water partition coefficient (Wildman–Crippen LogP) is 5.42. The van der Waals surface area contributed by atoms with Crippen molar-refractivity contribution in [2.45, 2.75) is 44.6 Å². The third-order valence-corrected chi connectivity index (χ3v) is 6.58. The minimum absolute atomic E-state index is 0.0108. The smallest absolute Gasteiger partial charge is 0.390 e. The Bertz CT molecular complexity index is 1280. The second-order valence-corrected chi connectivity index (χ2v) is 9.22. The molecular formula is C29H30F4N2O3. The van der Waals surface area contributed by atoms with Gasteiger partial charge in [-0.3, -0.25) is 4.79 Å². The number of fused-ring (bicyclic) bond motifs is 1. The molecule has 5 nitrogen and oxygen atoms in total. The lowest BCUT2D eigenvalue weighted by molar-refractivity contribution is -0.137. The minimum atomic E-state index is -4.60. The molecule has 2 atom stereocenters. The molecule has 0 saturated heterocycles. The van der Waals surface area contributed by atoms with E-state index in [9.17, 15) is 27.5 Å². The van der Waals surface area contributed by atoms with Gasteiger partial charge >= 0.3 is 6.18 Å². The Morgan fingerprint density at radius 2 is 1.89 bits per heavy atom. The molecule has 0 saturated carbocycles. The standard InChI is InChI=1S/C29H30F4N2O3/c1-2-38-13-5-12-34-17-18-8-9-20-16-26(36)27(23(20)14-18)35-28(37)22-11-10-19(15-25(22)30)21-6-3-4-7-24(21)29(31,32)33/h3-4,6-11,14-15,26-27,34,36H,2,5,12-13,16-17H2,1H3,(H,35,37)/t26-,27-/m1/s1. The van der Waals surface area contributed by atoms with E-state index in [0.29, 0.717) is 26.2 Å². The number of ether oxygens (including phenoxy) is 1. The Morgan fingerprint density at radius 3 is 2.63 bits per heavy atom. The van der Waals surface area contributed by atoms with Crippen LogP contribution in [-0.2, 0) is 23.9 Å². The van der Waals surface area contributed by atoms with E-state index in [1.54, 1.807) is 0 Å². The molecule has 0 heterocycles. The van der Waals surface area contributed by atoms with Crippen LogP contribution in [0.4, 0.5) is 17.6 Å². The fraction of sp³-hybridized carbons (Fsp3) is 0.345. The maximum atomic E-state index is 15.0. The number of halogens is 4. The van der Waals surface area contributed by atoms with Crippen molar-refractivity contribution in [3.63, 3.8) is 0 Å². The molecule has 3 N–H and O–H groups in total. The normalized spacial score (nSPS) is 16.9. The maximum absolute atomic E-state index is 15.0. The Morgan fingerprint density at radius 1 is 1.11 bits per heavy atom. The number of amides is 1. The van der Waals surface area contributed by atoms with Crippen LogP contribution in [0.5, 0.6) is 0 Å². The molecule has 3 aromatic carbocycles. The van der Waals surface area contributed by atoms with Crippen molar-refractivity contribution in [2.24, 2.45) is 0 Å². The zero-order valence-corrected chi connectivity index (χ0v) is 20.9. The van der Waals surface area contributed by atoms with Crippen molar-refractivity contribution in [1.29, 1.82) is 0 Å². The molecule has 4 rings (SSSR count). The van der Waals surface area contributed by atoms with Gasteiger partial charge in [-0.2, -0.15) is 13.2 Å². The fourth-order valence-electron chi connectivity index (χ4n) is 4.70. The van der Waals surface area contributed by atoms with Gasteiger partial charge in [0.2, 0.25) is 0 Å². The number of hydrogen-bond acceptors (Lipinski definition) is 4. The molecule has 0 aromatic heterocycles. The van der Waals surface area contributed by atoms with Gasteiger partial charge in [-0.15, -0.1) is 0 Å². The van der Waals surface area contributed by atoms with E-state index in [4.69, 9.17) is 4.74 Å². The lowest BCUT2D eigenvalue weighted by Gasteiger charge is -2.19. The number of carbonyl (C=O) groups is 1. The van der Waals surface area contributed by atoms with Crippen LogP contribution in [-0.4, -0.2) is 36.9 Å². The topological polar surface area (TPSA) is 70.6 Å². The summed E-state index contributed by atoms with van der Waals surface area (Å²) in [6, 6.07) is 13.3. The van der Waals surface area contributed by atoms with E-state index in [0.717, 1.165) is 47.9 Å². The summed E-state index contributed by atoms with van der Waals surface area (Å²) in [7, 11) is 0. The number of rotatable bonds is 10. The highest BCUT2D eigenvalue weighted by molar-refractivity contribution is 5.95. The zero-order valence-electron chi connectivity index (χ0n) is 20.9. The Balaban J connectivity index is 1.47. The summed E-state index contributed by atoms with van der Waals surface area (Å²) in [6.45, 7) is 4.69. The quantitative estimate of drug-likeness (QED) is 0.242. The van der Waals surface area contributed by atoms with Crippen molar-refractivity contribution < 1.29 is 32.2 Å². The molecule has 9 heteroatoms. The maximum Gasteiger partial charge on any atom is 0.417 e. The first-order valence-corrected chi connectivity index (χ1v) is 12.5. The van der Waals surface area contributed by atoms with Crippen molar-refractivity contribution in [3.8, 4) is 11.1 Å². The first-order valence-electron chi connectivity index (χ1n) is 12.5. The molecule has 3 aromatic rings. The second kappa shape index (κ2) is 12.1. The van der Waals surface area contributed by atoms with E-state index < -0.39 is 35.6 Å². The van der Waals surface area contributed by atoms with Gasteiger partial charge in [-0.25, -0.2) is 4.39 Å². The van der Waals surface area contributed by atoms with Crippen molar-refractivity contribution in [3.05, 3.63) is 94.3 Å². The van der Waals surface area contributed by atoms with E-state index in [1.807, 2.05) is 25.1 Å². The molecule has 0 aliphatic heterocycles. The highest BCUT2D eigenvalue weighted by atomic mass is 19.4. The number of carbonyl (C=O) groups excluding carboxylic acids is 1. The van der Waals surface area contributed by atoms with E-state index >= 15 is 0 Å². The Kier molecular flexibility index (Phi) is 8.81. The third-order valence-electron chi connectivity index (χ3n) is 6.58. The molecule has 0 radical (unpaired) electrons. The lowest BCUT2D eigenvalue weighted by Crippen LogP contribution is -2.34. The predicted molar refractivity (Wildman–Crippen MR) is 136 cm³/mol. The summed E-state index contributed by atoms with van der Waals surface area (Å²) in [5, 5.41) is 16.7. The molecule has 1 aliphatic rings. The van der Waals surface area contributed by atoms with Crippen LogP contribution >= 0.6 is 0 Å². The van der Waals surface area contributed by atoms with Gasteiger partial charge in [0.1, 0.15) is 5.82 Å². The van der Waals surface area contributed by atoms with Crippen LogP contribution < -0.4 is 10.6 Å². The van der Waals surface area contributed by atoms with Gasteiger partial charge in [0, 0.05) is 26.2 Å². The summed E-state index contributed by atoms with van der Waals surface area (Å²) in [5.41, 5.74) is 1.26. The molecule has 1 aliphatic carbocycles. The van der Waals surface area contributed by atoms with Crippen molar-refractivity contribution >= 4 is 5.91 Å². The lowest BCUT2D eigenvalue weighted by atomic mass is 9.97. The van der Waals surface area contributed by atoms with Gasteiger partial charge in [0.15, 0.2) is 0 Å². The van der Waals surface area contributed by atoms with Crippen LogP contribution in [0.2, 0.25) is 0 Å². The van der Waals surface area contributed by atoms with Crippen LogP contribution in [0, 0.1) is 5.82 Å². The summed E-state index contributed by atoms with van der Waals surface area (Å²) in [4.78, 5) is 13.0. The Labute approximate surface area is 218 Å².